The maximum atomic E-state index is 10.4. The van der Waals surface area contributed by atoms with Crippen LogP contribution >= 0.6 is 11.6 Å². The molecule has 4 rings (SSSR count). The molecule has 2 heterocycles. The maximum absolute atomic E-state index is 10.4. The van der Waals surface area contributed by atoms with Gasteiger partial charge in [0, 0.05) is 46.7 Å². The van der Waals surface area contributed by atoms with E-state index in [1.165, 1.54) is 0 Å². The number of phenolic OH excluding ortho intramolecular Hbond substituents is 1. The molecule has 5 nitrogen and oxygen atoms in total. The Kier molecular flexibility index (Phi) is 5.28. The Morgan fingerprint density at radius 2 is 1.96 bits per heavy atom. The molecule has 0 aliphatic carbocycles. The molecule has 2 aromatic carbocycles. The second-order valence-electron chi connectivity index (χ2n) is 6.62. The first-order valence-electron chi connectivity index (χ1n) is 8.99. The van der Waals surface area contributed by atoms with E-state index in [1.54, 1.807) is 37.7 Å². The largest absolute Gasteiger partial charge is 0.508 e. The monoisotopic (exact) mass is 393 g/mol. The molecule has 3 aromatic rings. The summed E-state index contributed by atoms with van der Waals surface area (Å²) in [6, 6.07) is 16.7. The molecule has 0 radical (unpaired) electrons. The average Bonchev–Trinajstić information content (AvgIpc) is 2.76. The van der Waals surface area contributed by atoms with Crippen LogP contribution in [0.25, 0.3) is 0 Å². The van der Waals surface area contributed by atoms with Crippen molar-refractivity contribution in [1.29, 1.82) is 0 Å². The van der Waals surface area contributed by atoms with Crippen LogP contribution in [0.4, 0.5) is 0 Å². The fraction of sp³-hybridized carbons (Fsp3) is 0.182. The number of phenols is 1. The third-order valence-electron chi connectivity index (χ3n) is 4.83. The van der Waals surface area contributed by atoms with Crippen LogP contribution in [0.15, 0.2) is 72.0 Å². The molecule has 1 aromatic heterocycles. The van der Waals surface area contributed by atoms with Gasteiger partial charge in [0.2, 0.25) is 0 Å². The topological polar surface area (TPSA) is 66.7 Å². The van der Waals surface area contributed by atoms with E-state index in [2.05, 4.69) is 10.3 Å². The summed E-state index contributed by atoms with van der Waals surface area (Å²) in [6.07, 6.45) is 3.88. The molecule has 142 valence electrons. The number of aromatic hydroxyl groups is 1. The van der Waals surface area contributed by atoms with Gasteiger partial charge in [-0.2, -0.15) is 0 Å². The molecule has 2 N–H and O–H groups in total. The molecule has 0 bridgehead atoms. The number of aliphatic imine (C=N–C) groups is 1. The number of nitrogens with zero attached hydrogens (tertiary/aromatic N) is 2. The summed E-state index contributed by atoms with van der Waals surface area (Å²) < 4.78 is 5.26. The molecular formula is C22H20ClN3O2. The molecule has 1 aliphatic heterocycles. The van der Waals surface area contributed by atoms with Crippen molar-refractivity contribution in [3.05, 3.63) is 88.7 Å². The third kappa shape index (κ3) is 3.86. The summed E-state index contributed by atoms with van der Waals surface area (Å²) in [4.78, 5) is 9.13. The average molecular weight is 394 g/mol. The van der Waals surface area contributed by atoms with Crippen LogP contribution in [-0.2, 0) is 0 Å². The van der Waals surface area contributed by atoms with E-state index >= 15 is 0 Å². The van der Waals surface area contributed by atoms with Gasteiger partial charge < -0.3 is 9.84 Å². The van der Waals surface area contributed by atoms with Gasteiger partial charge in [-0.05, 0) is 54.1 Å². The predicted molar refractivity (Wildman–Crippen MR) is 110 cm³/mol. The van der Waals surface area contributed by atoms with Crippen molar-refractivity contribution < 1.29 is 9.84 Å². The summed E-state index contributed by atoms with van der Waals surface area (Å²) in [5.74, 6) is 1.01. The van der Waals surface area contributed by atoms with E-state index in [1.807, 2.05) is 36.4 Å². The van der Waals surface area contributed by atoms with Gasteiger partial charge in [0.25, 0.3) is 0 Å². The van der Waals surface area contributed by atoms with Crippen molar-refractivity contribution in [1.82, 2.24) is 10.3 Å². The zero-order valence-electron chi connectivity index (χ0n) is 15.3. The lowest BCUT2D eigenvalue weighted by molar-refractivity contribution is 0.412. The van der Waals surface area contributed by atoms with Crippen LogP contribution in [0.5, 0.6) is 11.5 Å². The van der Waals surface area contributed by atoms with Crippen LogP contribution in [0.1, 0.15) is 35.3 Å². The minimum Gasteiger partial charge on any atom is -0.508 e. The van der Waals surface area contributed by atoms with E-state index in [0.717, 1.165) is 28.2 Å². The molecule has 0 fully saturated rings. The molecule has 0 saturated heterocycles. The normalized spacial score (nSPS) is 19.1. The second-order valence-corrected chi connectivity index (χ2v) is 7.06. The first-order valence-corrected chi connectivity index (χ1v) is 9.37. The number of pyridine rings is 1. The Balaban J connectivity index is 1.74. The van der Waals surface area contributed by atoms with Crippen molar-refractivity contribution in [2.75, 3.05) is 7.11 Å². The number of hydrogen-bond acceptors (Lipinski definition) is 5. The number of halogens is 1. The molecule has 6 heteroatoms. The number of hydrogen-bond donors (Lipinski definition) is 2. The number of aromatic nitrogens is 1. The Hall–Kier alpha value is -2.89. The first-order chi connectivity index (χ1) is 13.6. The fourth-order valence-corrected chi connectivity index (χ4v) is 3.56. The van der Waals surface area contributed by atoms with Crippen LogP contribution in [0.2, 0.25) is 5.02 Å². The lowest BCUT2D eigenvalue weighted by Gasteiger charge is -2.31. The van der Waals surface area contributed by atoms with Crippen molar-refractivity contribution in [3.63, 3.8) is 0 Å². The molecule has 28 heavy (non-hydrogen) atoms. The van der Waals surface area contributed by atoms with Crippen molar-refractivity contribution in [3.8, 4) is 11.5 Å². The molecule has 0 spiro atoms. The van der Waals surface area contributed by atoms with Gasteiger partial charge in [-0.3, -0.25) is 15.3 Å². The van der Waals surface area contributed by atoms with Crippen LogP contribution in [0, 0.1) is 0 Å². The van der Waals surface area contributed by atoms with E-state index in [9.17, 15) is 5.11 Å². The number of ether oxygens (including phenoxy) is 1. The Bertz CT molecular complexity index is 990. The zero-order valence-corrected chi connectivity index (χ0v) is 16.1. The van der Waals surface area contributed by atoms with Gasteiger partial charge in [-0.1, -0.05) is 17.7 Å². The SMILES string of the molecule is COc1ccc(C2=NC(c3cccnc3)NC(c3cc(Cl)ccc3O)C2)cc1. The molecule has 2 atom stereocenters. The highest BCUT2D eigenvalue weighted by atomic mass is 35.5. The Labute approximate surface area is 168 Å². The number of nitrogens with one attached hydrogen (secondary N) is 1. The van der Waals surface area contributed by atoms with Crippen LogP contribution < -0.4 is 10.1 Å². The van der Waals surface area contributed by atoms with Gasteiger partial charge in [-0.25, -0.2) is 0 Å². The molecule has 1 aliphatic rings. The van der Waals surface area contributed by atoms with Crippen LogP contribution in [-0.4, -0.2) is 22.9 Å². The summed E-state index contributed by atoms with van der Waals surface area (Å²) in [7, 11) is 1.65. The summed E-state index contributed by atoms with van der Waals surface area (Å²) in [5, 5.41) is 14.5. The van der Waals surface area contributed by atoms with Crippen LogP contribution in [0.3, 0.4) is 0 Å². The predicted octanol–water partition coefficient (Wildman–Crippen LogP) is 4.67. The van der Waals surface area contributed by atoms with E-state index in [4.69, 9.17) is 21.3 Å². The van der Waals surface area contributed by atoms with Gasteiger partial charge >= 0.3 is 0 Å². The summed E-state index contributed by atoms with van der Waals surface area (Å²) >= 11 is 6.18. The Morgan fingerprint density at radius 3 is 2.68 bits per heavy atom. The molecule has 0 amide bonds. The first kappa shape index (κ1) is 18.5. The minimum absolute atomic E-state index is 0.140. The van der Waals surface area contributed by atoms with E-state index < -0.39 is 0 Å². The lowest BCUT2D eigenvalue weighted by atomic mass is 9.93. The molecule has 2 unspecified atom stereocenters. The summed E-state index contributed by atoms with van der Waals surface area (Å²) in [5.41, 5.74) is 3.67. The highest BCUT2D eigenvalue weighted by molar-refractivity contribution is 6.30. The fourth-order valence-electron chi connectivity index (χ4n) is 3.38. The third-order valence-corrected chi connectivity index (χ3v) is 5.06. The highest BCUT2D eigenvalue weighted by Gasteiger charge is 2.28. The molecule has 0 saturated carbocycles. The summed E-state index contributed by atoms with van der Waals surface area (Å²) in [6.45, 7) is 0. The number of benzene rings is 2. The molecular weight excluding hydrogens is 374 g/mol. The van der Waals surface area contributed by atoms with Gasteiger partial charge in [-0.15, -0.1) is 0 Å². The second kappa shape index (κ2) is 8.00. The lowest BCUT2D eigenvalue weighted by Crippen LogP contribution is -2.33. The standard InChI is InChI=1S/C22H20ClN3O2/c1-28-17-7-4-14(5-8-17)19-12-20(18-11-16(23)6-9-21(18)27)26-22(25-19)15-3-2-10-24-13-15/h2-11,13,20,22,26-27H,12H2,1H3. The van der Waals surface area contributed by atoms with Gasteiger partial charge in [0.05, 0.1) is 7.11 Å². The number of rotatable bonds is 4. The minimum atomic E-state index is -0.275. The van der Waals surface area contributed by atoms with Crippen molar-refractivity contribution >= 4 is 17.3 Å². The number of methoxy groups -OCH3 is 1. The van der Waals surface area contributed by atoms with Crippen molar-refractivity contribution in [2.24, 2.45) is 4.99 Å². The maximum Gasteiger partial charge on any atom is 0.127 e. The highest BCUT2D eigenvalue weighted by Crippen LogP contribution is 2.35. The zero-order chi connectivity index (χ0) is 19.5. The van der Waals surface area contributed by atoms with E-state index in [-0.39, 0.29) is 18.0 Å². The van der Waals surface area contributed by atoms with Gasteiger partial charge in [0.1, 0.15) is 17.7 Å². The van der Waals surface area contributed by atoms with E-state index in [0.29, 0.717) is 11.4 Å². The quantitative estimate of drug-likeness (QED) is 0.675. The van der Waals surface area contributed by atoms with Crippen molar-refractivity contribution in [2.45, 2.75) is 18.6 Å². The van der Waals surface area contributed by atoms with Gasteiger partial charge in [0.15, 0.2) is 0 Å². The Morgan fingerprint density at radius 1 is 1.14 bits per heavy atom. The smallest absolute Gasteiger partial charge is 0.127 e.